The minimum absolute atomic E-state index is 0.0117. The van der Waals surface area contributed by atoms with E-state index in [2.05, 4.69) is 5.32 Å². The number of nitrogens with one attached hydrogen (secondary N) is 1. The predicted molar refractivity (Wildman–Crippen MR) is 75.1 cm³/mol. The van der Waals surface area contributed by atoms with E-state index in [1.165, 1.54) is 0 Å². The third-order valence-electron chi connectivity index (χ3n) is 3.43. The van der Waals surface area contributed by atoms with Crippen LogP contribution in [-0.2, 0) is 14.3 Å². The van der Waals surface area contributed by atoms with Gasteiger partial charge in [-0.3, -0.25) is 9.59 Å². The predicted octanol–water partition coefficient (Wildman–Crippen LogP) is 0.150. The molecule has 6 nitrogen and oxygen atoms in total. The molecule has 1 aliphatic rings. The van der Waals surface area contributed by atoms with Gasteiger partial charge in [0.05, 0.1) is 0 Å². The van der Waals surface area contributed by atoms with Crippen LogP contribution in [0.5, 0.6) is 0 Å². The largest absolute Gasteiger partial charge is 0.396 e. The molecule has 1 aliphatic heterocycles. The minimum atomic E-state index is -0.0192. The van der Waals surface area contributed by atoms with Gasteiger partial charge in [0.15, 0.2) is 0 Å². The van der Waals surface area contributed by atoms with Crippen LogP contribution < -0.4 is 5.32 Å². The lowest BCUT2D eigenvalue weighted by molar-refractivity contribution is -0.139. The molecule has 0 unspecified atom stereocenters. The molecule has 20 heavy (non-hydrogen) atoms. The van der Waals surface area contributed by atoms with E-state index in [1.54, 1.807) is 4.90 Å². The number of nitrogens with zero attached hydrogens (tertiary/aromatic N) is 1. The zero-order valence-electron chi connectivity index (χ0n) is 12.3. The van der Waals surface area contributed by atoms with Gasteiger partial charge in [0.25, 0.3) is 0 Å². The van der Waals surface area contributed by atoms with Crippen molar-refractivity contribution in [2.45, 2.75) is 32.6 Å². The van der Waals surface area contributed by atoms with Crippen molar-refractivity contribution in [3.05, 3.63) is 0 Å². The van der Waals surface area contributed by atoms with Gasteiger partial charge < -0.3 is 20.1 Å². The van der Waals surface area contributed by atoms with Crippen LogP contribution in [0.2, 0.25) is 0 Å². The SMILES string of the molecule is CCCOCC(=O)N1CCC(C(=O)NCCCO)CC1. The Bertz CT molecular complexity index is 272. The molecule has 1 rings (SSSR count). The summed E-state index contributed by atoms with van der Waals surface area (Å²) in [6, 6.07) is 0. The Kier molecular flexibility index (Phi) is 8.22. The smallest absolute Gasteiger partial charge is 0.248 e. The molecule has 0 aromatic heterocycles. The van der Waals surface area contributed by atoms with Gasteiger partial charge in [-0.05, 0) is 25.7 Å². The summed E-state index contributed by atoms with van der Waals surface area (Å²) < 4.78 is 5.24. The number of aliphatic hydroxyl groups excluding tert-OH is 1. The Morgan fingerprint density at radius 3 is 2.65 bits per heavy atom. The fourth-order valence-corrected chi connectivity index (χ4v) is 2.22. The molecule has 0 radical (unpaired) electrons. The van der Waals surface area contributed by atoms with E-state index in [0.717, 1.165) is 6.42 Å². The first-order valence-electron chi connectivity index (χ1n) is 7.43. The van der Waals surface area contributed by atoms with Crippen LogP contribution in [0.3, 0.4) is 0 Å². The van der Waals surface area contributed by atoms with Crippen molar-refractivity contribution in [1.29, 1.82) is 0 Å². The van der Waals surface area contributed by atoms with Crippen molar-refractivity contribution in [2.24, 2.45) is 5.92 Å². The number of amides is 2. The maximum absolute atomic E-state index is 11.8. The van der Waals surface area contributed by atoms with Crippen LogP contribution in [-0.4, -0.2) is 61.3 Å². The van der Waals surface area contributed by atoms with Crippen LogP contribution in [0.4, 0.5) is 0 Å². The lowest BCUT2D eigenvalue weighted by Crippen LogP contribution is -2.44. The summed E-state index contributed by atoms with van der Waals surface area (Å²) in [5.41, 5.74) is 0. The maximum Gasteiger partial charge on any atom is 0.248 e. The molecule has 1 fully saturated rings. The average molecular weight is 286 g/mol. The Morgan fingerprint density at radius 2 is 2.05 bits per heavy atom. The van der Waals surface area contributed by atoms with Crippen LogP contribution in [0.15, 0.2) is 0 Å². The lowest BCUT2D eigenvalue weighted by atomic mass is 9.96. The second-order valence-corrected chi connectivity index (χ2v) is 5.08. The second-order valence-electron chi connectivity index (χ2n) is 5.08. The first-order chi connectivity index (χ1) is 9.69. The second kappa shape index (κ2) is 9.72. The molecule has 2 N–H and O–H groups in total. The summed E-state index contributed by atoms with van der Waals surface area (Å²) in [7, 11) is 0. The monoisotopic (exact) mass is 286 g/mol. The maximum atomic E-state index is 11.8. The Balaban J connectivity index is 2.21. The van der Waals surface area contributed by atoms with E-state index in [4.69, 9.17) is 9.84 Å². The van der Waals surface area contributed by atoms with Gasteiger partial charge in [-0.1, -0.05) is 6.92 Å². The van der Waals surface area contributed by atoms with Crippen molar-refractivity contribution in [3.63, 3.8) is 0 Å². The van der Waals surface area contributed by atoms with Crippen molar-refractivity contribution >= 4 is 11.8 Å². The minimum Gasteiger partial charge on any atom is -0.396 e. The molecular formula is C14H26N2O4. The molecule has 0 aromatic rings. The topological polar surface area (TPSA) is 78.9 Å². The molecule has 1 heterocycles. The van der Waals surface area contributed by atoms with Crippen molar-refractivity contribution in [1.82, 2.24) is 10.2 Å². The number of ether oxygens (including phenoxy) is 1. The highest BCUT2D eigenvalue weighted by Crippen LogP contribution is 2.17. The summed E-state index contributed by atoms with van der Waals surface area (Å²) in [4.78, 5) is 25.4. The lowest BCUT2D eigenvalue weighted by Gasteiger charge is -2.31. The Hall–Kier alpha value is -1.14. The zero-order valence-corrected chi connectivity index (χ0v) is 12.3. The van der Waals surface area contributed by atoms with E-state index in [9.17, 15) is 9.59 Å². The molecule has 116 valence electrons. The highest BCUT2D eigenvalue weighted by atomic mass is 16.5. The highest BCUT2D eigenvalue weighted by Gasteiger charge is 2.26. The molecule has 2 amide bonds. The zero-order chi connectivity index (χ0) is 14.8. The summed E-state index contributed by atoms with van der Waals surface area (Å²) in [6.07, 6.45) is 2.89. The van der Waals surface area contributed by atoms with Crippen LogP contribution in [0.1, 0.15) is 32.6 Å². The molecule has 0 aromatic carbocycles. The standard InChI is InChI=1S/C14H26N2O4/c1-2-10-20-11-13(18)16-7-4-12(5-8-16)14(19)15-6-3-9-17/h12,17H,2-11H2,1H3,(H,15,19). The number of hydrogen-bond donors (Lipinski definition) is 2. The summed E-state index contributed by atoms with van der Waals surface area (Å²) in [5, 5.41) is 11.5. The van der Waals surface area contributed by atoms with Gasteiger partial charge in [0, 0.05) is 38.8 Å². The third kappa shape index (κ3) is 5.88. The normalized spacial score (nSPS) is 16.2. The van der Waals surface area contributed by atoms with Crippen molar-refractivity contribution in [2.75, 3.05) is 39.5 Å². The number of piperidine rings is 1. The van der Waals surface area contributed by atoms with Gasteiger partial charge in [0.2, 0.25) is 11.8 Å². The van der Waals surface area contributed by atoms with Gasteiger partial charge >= 0.3 is 0 Å². The van der Waals surface area contributed by atoms with E-state index < -0.39 is 0 Å². The van der Waals surface area contributed by atoms with Crippen LogP contribution in [0, 0.1) is 5.92 Å². The molecular weight excluding hydrogens is 260 g/mol. The number of hydrogen-bond acceptors (Lipinski definition) is 4. The fraction of sp³-hybridized carbons (Fsp3) is 0.857. The average Bonchev–Trinajstić information content (AvgIpc) is 2.47. The fourth-order valence-electron chi connectivity index (χ4n) is 2.22. The van der Waals surface area contributed by atoms with E-state index >= 15 is 0 Å². The molecule has 0 aliphatic carbocycles. The number of likely N-dealkylation sites (tertiary alicyclic amines) is 1. The van der Waals surface area contributed by atoms with Crippen LogP contribution >= 0.6 is 0 Å². The third-order valence-corrected chi connectivity index (χ3v) is 3.43. The number of carbonyl (C=O) groups excluding carboxylic acids is 2. The Morgan fingerprint density at radius 1 is 1.35 bits per heavy atom. The number of rotatable bonds is 8. The molecule has 1 saturated heterocycles. The van der Waals surface area contributed by atoms with Gasteiger partial charge in [0.1, 0.15) is 6.61 Å². The highest BCUT2D eigenvalue weighted by molar-refractivity contribution is 5.80. The first-order valence-corrected chi connectivity index (χ1v) is 7.43. The number of carbonyl (C=O) groups is 2. The van der Waals surface area contributed by atoms with Gasteiger partial charge in [-0.15, -0.1) is 0 Å². The number of aliphatic hydroxyl groups is 1. The molecule has 0 bridgehead atoms. The van der Waals surface area contributed by atoms with Crippen molar-refractivity contribution in [3.8, 4) is 0 Å². The molecule has 6 heteroatoms. The van der Waals surface area contributed by atoms with Crippen LogP contribution in [0.25, 0.3) is 0 Å². The van der Waals surface area contributed by atoms with Gasteiger partial charge in [-0.25, -0.2) is 0 Å². The van der Waals surface area contributed by atoms with E-state index in [-0.39, 0.29) is 30.9 Å². The van der Waals surface area contributed by atoms with Crippen molar-refractivity contribution < 1.29 is 19.4 Å². The van der Waals surface area contributed by atoms with E-state index in [1.807, 2.05) is 6.92 Å². The molecule has 0 atom stereocenters. The van der Waals surface area contributed by atoms with Gasteiger partial charge in [-0.2, -0.15) is 0 Å². The summed E-state index contributed by atoms with van der Waals surface area (Å²) in [6.45, 7) is 4.59. The quantitative estimate of drug-likeness (QED) is 0.623. The molecule has 0 spiro atoms. The Labute approximate surface area is 120 Å². The summed E-state index contributed by atoms with van der Waals surface area (Å²) >= 11 is 0. The first kappa shape index (κ1) is 16.9. The summed E-state index contributed by atoms with van der Waals surface area (Å²) in [5.74, 6) is 0.0275. The molecule has 0 saturated carbocycles. The van der Waals surface area contributed by atoms with E-state index in [0.29, 0.717) is 45.5 Å².